The maximum Gasteiger partial charge on any atom is 0.267 e. The minimum atomic E-state index is -2.41. The molecule has 2 rings (SSSR count). The van der Waals surface area contributed by atoms with Gasteiger partial charge in [-0.15, -0.1) is 0 Å². The Bertz CT molecular complexity index is 560. The normalized spacial score (nSPS) is 10.3. The highest BCUT2D eigenvalue weighted by molar-refractivity contribution is 5.75. The van der Waals surface area contributed by atoms with Gasteiger partial charge >= 0.3 is 0 Å². The van der Waals surface area contributed by atoms with Crippen LogP contribution in [0.2, 0.25) is 0 Å². The Morgan fingerprint density at radius 1 is 1.11 bits per heavy atom. The van der Waals surface area contributed by atoms with Crippen LogP contribution in [-0.2, 0) is 14.1 Å². The summed E-state index contributed by atoms with van der Waals surface area (Å²) in [5.74, 6) is 0. The van der Waals surface area contributed by atoms with Gasteiger partial charge in [-0.05, 0) is 13.8 Å². The molecule has 0 aliphatic rings. The van der Waals surface area contributed by atoms with Crippen LogP contribution in [0.5, 0.6) is 0 Å². The summed E-state index contributed by atoms with van der Waals surface area (Å²) >= 11 is 0. The predicted molar refractivity (Wildman–Crippen MR) is 66.2 cm³/mol. The van der Waals surface area contributed by atoms with Crippen molar-refractivity contribution in [2.45, 2.75) is 20.3 Å². The van der Waals surface area contributed by atoms with Gasteiger partial charge in [0.2, 0.25) is 0 Å². The summed E-state index contributed by atoms with van der Waals surface area (Å²) in [6.07, 6.45) is 1.43. The molecular formula is C12H16F2N4O. The van der Waals surface area contributed by atoms with Crippen LogP contribution in [0.25, 0.3) is 0 Å². The van der Waals surface area contributed by atoms with Gasteiger partial charge in [0.15, 0.2) is 6.29 Å². The molecule has 2 aromatic heterocycles. The van der Waals surface area contributed by atoms with Crippen LogP contribution >= 0.6 is 0 Å². The van der Waals surface area contributed by atoms with E-state index in [4.69, 9.17) is 0 Å². The quantitative estimate of drug-likeness (QED) is 0.786. The summed E-state index contributed by atoms with van der Waals surface area (Å²) < 4.78 is 27.0. The van der Waals surface area contributed by atoms with Gasteiger partial charge < -0.3 is 0 Å². The summed E-state index contributed by atoms with van der Waals surface area (Å²) in [6, 6.07) is 0. The lowest BCUT2D eigenvalue weighted by molar-refractivity contribution is 0.112. The Hall–Kier alpha value is -2.05. The molecule has 0 amide bonds. The molecule has 0 atom stereocenters. The fraction of sp³-hybridized carbons (Fsp3) is 0.417. The molecular weight excluding hydrogens is 254 g/mol. The molecule has 19 heavy (non-hydrogen) atoms. The van der Waals surface area contributed by atoms with Crippen LogP contribution in [-0.4, -0.2) is 25.8 Å². The molecule has 2 aromatic rings. The summed E-state index contributed by atoms with van der Waals surface area (Å²) in [7, 11) is 3.42. The van der Waals surface area contributed by atoms with Crippen molar-refractivity contribution in [2.24, 2.45) is 14.1 Å². The number of hydrogen-bond donors (Lipinski definition) is 0. The number of hydrogen-bond acceptors (Lipinski definition) is 3. The molecule has 0 aliphatic heterocycles. The van der Waals surface area contributed by atoms with Crippen LogP contribution in [0.3, 0.4) is 0 Å². The highest BCUT2D eigenvalue weighted by Crippen LogP contribution is 2.20. The summed E-state index contributed by atoms with van der Waals surface area (Å²) in [5.41, 5.74) is 1.87. The van der Waals surface area contributed by atoms with Crippen molar-refractivity contribution in [1.82, 2.24) is 19.6 Å². The zero-order chi connectivity index (χ0) is 14.6. The third kappa shape index (κ3) is 3.97. The number of aldehydes is 1. The molecule has 0 bridgehead atoms. The number of nitrogens with zero attached hydrogens (tertiary/aromatic N) is 4. The standard InChI is InChI=1S/C6H8F2N2.C6H8N2O/c1-4-5(6(7)8)3-10(2)9-4;1-5-6(4-9)3-8(2)7-5/h3,6H,1-2H3;3-4H,1-2H3. The summed E-state index contributed by atoms with van der Waals surface area (Å²) in [6.45, 7) is 3.38. The maximum atomic E-state index is 12.0. The average molecular weight is 270 g/mol. The monoisotopic (exact) mass is 270 g/mol. The molecule has 0 aromatic carbocycles. The van der Waals surface area contributed by atoms with E-state index >= 15 is 0 Å². The SMILES string of the molecule is Cc1nn(C)cc1C(F)F.Cc1nn(C)cc1C=O. The lowest BCUT2D eigenvalue weighted by Gasteiger charge is -1.91. The Balaban J connectivity index is 0.000000191. The van der Waals surface area contributed by atoms with Crippen LogP contribution in [0.15, 0.2) is 12.4 Å². The van der Waals surface area contributed by atoms with Crippen LogP contribution in [0.1, 0.15) is 33.7 Å². The minimum absolute atomic E-state index is 0.0162. The van der Waals surface area contributed by atoms with Crippen molar-refractivity contribution in [1.29, 1.82) is 0 Å². The van der Waals surface area contributed by atoms with E-state index in [-0.39, 0.29) is 5.56 Å². The van der Waals surface area contributed by atoms with Crippen LogP contribution < -0.4 is 0 Å². The smallest absolute Gasteiger partial charge is 0.267 e. The molecule has 0 fully saturated rings. The number of rotatable bonds is 2. The average Bonchev–Trinajstić information content (AvgIpc) is 2.81. The van der Waals surface area contributed by atoms with E-state index in [1.165, 1.54) is 10.9 Å². The number of halogens is 2. The van der Waals surface area contributed by atoms with Crippen molar-refractivity contribution < 1.29 is 13.6 Å². The summed E-state index contributed by atoms with van der Waals surface area (Å²) in [5, 5.41) is 7.74. The van der Waals surface area contributed by atoms with Gasteiger partial charge in [-0.25, -0.2) is 8.78 Å². The number of alkyl halides is 2. The largest absolute Gasteiger partial charge is 0.298 e. The molecule has 0 radical (unpaired) electrons. The number of carbonyl (C=O) groups is 1. The van der Waals surface area contributed by atoms with E-state index in [2.05, 4.69) is 10.2 Å². The molecule has 5 nitrogen and oxygen atoms in total. The van der Waals surface area contributed by atoms with Crippen molar-refractivity contribution in [3.63, 3.8) is 0 Å². The van der Waals surface area contributed by atoms with E-state index in [9.17, 15) is 13.6 Å². The van der Waals surface area contributed by atoms with Gasteiger partial charge in [0.25, 0.3) is 6.43 Å². The molecule has 0 unspecified atom stereocenters. The molecule has 0 spiro atoms. The minimum Gasteiger partial charge on any atom is -0.298 e. The van der Waals surface area contributed by atoms with Gasteiger partial charge in [0, 0.05) is 26.5 Å². The molecule has 0 N–H and O–H groups in total. The second-order valence-corrected chi connectivity index (χ2v) is 4.11. The van der Waals surface area contributed by atoms with Crippen LogP contribution in [0, 0.1) is 13.8 Å². The molecule has 0 aliphatic carbocycles. The first kappa shape index (κ1) is 15.0. The zero-order valence-electron chi connectivity index (χ0n) is 11.3. The van der Waals surface area contributed by atoms with E-state index < -0.39 is 6.43 Å². The predicted octanol–water partition coefficient (Wildman–Crippen LogP) is 2.21. The topological polar surface area (TPSA) is 52.7 Å². The van der Waals surface area contributed by atoms with Gasteiger partial charge in [-0.2, -0.15) is 10.2 Å². The number of carbonyl (C=O) groups excluding carboxylic acids is 1. The molecule has 104 valence electrons. The Kier molecular flexibility index (Phi) is 4.91. The fourth-order valence-electron chi connectivity index (χ4n) is 1.57. The van der Waals surface area contributed by atoms with E-state index in [1.807, 2.05) is 6.92 Å². The van der Waals surface area contributed by atoms with Crippen molar-refractivity contribution in [3.05, 3.63) is 34.9 Å². The van der Waals surface area contributed by atoms with Gasteiger partial charge in [0.05, 0.1) is 22.5 Å². The molecule has 7 heteroatoms. The van der Waals surface area contributed by atoms with Crippen molar-refractivity contribution >= 4 is 6.29 Å². The van der Waals surface area contributed by atoms with Crippen molar-refractivity contribution in [3.8, 4) is 0 Å². The third-order valence-electron chi connectivity index (χ3n) is 2.46. The highest BCUT2D eigenvalue weighted by Gasteiger charge is 2.12. The number of aromatic nitrogens is 4. The van der Waals surface area contributed by atoms with Crippen LogP contribution in [0.4, 0.5) is 8.78 Å². The summed E-state index contributed by atoms with van der Waals surface area (Å²) in [4.78, 5) is 10.2. The Morgan fingerprint density at radius 2 is 1.63 bits per heavy atom. The van der Waals surface area contributed by atoms with E-state index in [0.29, 0.717) is 11.3 Å². The first-order valence-electron chi connectivity index (χ1n) is 5.58. The Morgan fingerprint density at radius 3 is 1.84 bits per heavy atom. The van der Waals surface area contributed by atoms with E-state index in [0.717, 1.165) is 12.0 Å². The maximum absolute atomic E-state index is 12.0. The molecule has 2 heterocycles. The lowest BCUT2D eigenvalue weighted by Crippen LogP contribution is -1.86. The molecule has 0 saturated carbocycles. The lowest BCUT2D eigenvalue weighted by atomic mass is 10.3. The van der Waals surface area contributed by atoms with Crippen molar-refractivity contribution in [2.75, 3.05) is 0 Å². The zero-order valence-corrected chi connectivity index (χ0v) is 11.3. The van der Waals surface area contributed by atoms with Gasteiger partial charge in [-0.3, -0.25) is 14.2 Å². The number of aryl methyl sites for hydroxylation is 4. The third-order valence-corrected chi connectivity index (χ3v) is 2.46. The highest BCUT2D eigenvalue weighted by atomic mass is 19.3. The fourth-order valence-corrected chi connectivity index (χ4v) is 1.57. The second kappa shape index (κ2) is 6.21. The van der Waals surface area contributed by atoms with E-state index in [1.54, 1.807) is 31.9 Å². The first-order valence-corrected chi connectivity index (χ1v) is 5.58. The molecule has 0 saturated heterocycles. The first-order chi connectivity index (χ1) is 8.85. The Labute approximate surface area is 109 Å². The van der Waals surface area contributed by atoms with Gasteiger partial charge in [0.1, 0.15) is 0 Å². The van der Waals surface area contributed by atoms with Gasteiger partial charge in [-0.1, -0.05) is 0 Å². The second-order valence-electron chi connectivity index (χ2n) is 4.11.